The second-order valence-corrected chi connectivity index (χ2v) is 10.7. The van der Waals surface area contributed by atoms with Crippen LogP contribution in [0.3, 0.4) is 0 Å². The molecule has 12 nitrogen and oxygen atoms in total. The Morgan fingerprint density at radius 1 is 0.674 bits per heavy atom. The molecule has 0 radical (unpaired) electrons. The normalized spacial score (nSPS) is 12.5. The lowest BCUT2D eigenvalue weighted by Crippen LogP contribution is -2.09. The molecule has 2 unspecified atom stereocenters. The molecule has 0 aliphatic rings. The number of hydrogen-bond donors (Lipinski definition) is 4. The molecule has 0 aliphatic carbocycles. The molecule has 6 rings (SSSR count). The molecule has 0 bridgehead atoms. The summed E-state index contributed by atoms with van der Waals surface area (Å²) in [6.45, 7) is 3.10. The summed E-state index contributed by atoms with van der Waals surface area (Å²) >= 11 is 0. The van der Waals surface area contributed by atoms with Crippen molar-refractivity contribution in [2.24, 2.45) is 0 Å². The van der Waals surface area contributed by atoms with Gasteiger partial charge in [-0.05, 0) is 26.0 Å². The average molecular weight is 629 g/mol. The minimum atomic E-state index is -0.549. The second-order valence-electron chi connectivity index (χ2n) is 10.7. The van der Waals surface area contributed by atoms with Crippen LogP contribution in [0, 0.1) is 11.6 Å². The molecular formula is C32H30F2N8O4. The largest absolute Gasteiger partial charge is 0.397 e. The standard InChI is InChI=1S/2C16H15FN4O2/c2*1-9(8-22)21-7-13(12-5-20-6-14(17)15(12)21)16(23)10-2-11(18)4-19-3-10/h2*2-7,9,22H,8,18H2,1H3. The van der Waals surface area contributed by atoms with Crippen molar-refractivity contribution in [1.82, 2.24) is 29.1 Å². The smallest absolute Gasteiger partial charge is 0.196 e. The van der Waals surface area contributed by atoms with Gasteiger partial charge in [0.2, 0.25) is 0 Å². The SMILES string of the molecule is CC(CO)n1cc(C(=O)c2cncc(N)c2)c2cncc(F)c21.CC(CO)n1cc(C(=O)c2cncc(N)c2)c2cncc(F)c21. The quantitative estimate of drug-likeness (QED) is 0.180. The molecular weight excluding hydrogens is 598 g/mol. The highest BCUT2D eigenvalue weighted by Crippen LogP contribution is 2.29. The zero-order valence-corrected chi connectivity index (χ0v) is 24.8. The first-order valence-corrected chi connectivity index (χ1v) is 14.1. The molecule has 46 heavy (non-hydrogen) atoms. The lowest BCUT2D eigenvalue weighted by atomic mass is 10.1. The number of nitrogen functional groups attached to an aromatic ring is 2. The van der Waals surface area contributed by atoms with E-state index in [1.54, 1.807) is 23.0 Å². The number of hydrogen-bond acceptors (Lipinski definition) is 10. The van der Waals surface area contributed by atoms with Crippen molar-refractivity contribution in [3.8, 4) is 0 Å². The molecule has 6 N–H and O–H groups in total. The van der Waals surface area contributed by atoms with E-state index < -0.39 is 11.6 Å². The maximum Gasteiger partial charge on any atom is 0.196 e. The van der Waals surface area contributed by atoms with Gasteiger partial charge in [0.25, 0.3) is 0 Å². The van der Waals surface area contributed by atoms with Gasteiger partial charge in [-0.1, -0.05) is 0 Å². The van der Waals surface area contributed by atoms with Crippen LogP contribution in [0.1, 0.15) is 57.8 Å². The van der Waals surface area contributed by atoms with Gasteiger partial charge in [0.1, 0.15) is 0 Å². The lowest BCUT2D eigenvalue weighted by molar-refractivity contribution is 0.103. The number of aliphatic hydroxyl groups excluding tert-OH is 2. The van der Waals surface area contributed by atoms with E-state index in [1.165, 1.54) is 61.7 Å². The summed E-state index contributed by atoms with van der Waals surface area (Å²) in [6.07, 6.45) is 13.8. The Hall–Kier alpha value is -5.60. The Bertz CT molecular complexity index is 1930. The summed E-state index contributed by atoms with van der Waals surface area (Å²) in [5.41, 5.74) is 13.7. The highest BCUT2D eigenvalue weighted by atomic mass is 19.1. The zero-order chi connectivity index (χ0) is 33.1. The summed E-state index contributed by atoms with van der Waals surface area (Å²) in [5, 5.41) is 19.5. The van der Waals surface area contributed by atoms with E-state index in [-0.39, 0.29) is 47.9 Å². The number of carbonyl (C=O) groups excluding carboxylic acids is 2. The van der Waals surface area contributed by atoms with Gasteiger partial charge in [-0.15, -0.1) is 0 Å². The molecule has 6 heterocycles. The number of fused-ring (bicyclic) bond motifs is 2. The third-order valence-electron chi connectivity index (χ3n) is 7.39. The Kier molecular flexibility index (Phi) is 9.11. The zero-order valence-electron chi connectivity index (χ0n) is 24.8. The van der Waals surface area contributed by atoms with Crippen LogP contribution in [0.2, 0.25) is 0 Å². The fourth-order valence-electron chi connectivity index (χ4n) is 5.03. The Morgan fingerprint density at radius 3 is 1.39 bits per heavy atom. The molecule has 0 amide bonds. The number of halogens is 2. The van der Waals surface area contributed by atoms with Crippen molar-refractivity contribution in [1.29, 1.82) is 0 Å². The van der Waals surface area contributed by atoms with Gasteiger partial charge in [0.15, 0.2) is 23.2 Å². The molecule has 6 aromatic rings. The number of aliphatic hydroxyl groups is 2. The minimum absolute atomic E-state index is 0.182. The summed E-state index contributed by atoms with van der Waals surface area (Å²) in [4.78, 5) is 40.9. The highest BCUT2D eigenvalue weighted by Gasteiger charge is 2.23. The second kappa shape index (κ2) is 13.2. The van der Waals surface area contributed by atoms with Gasteiger partial charge >= 0.3 is 0 Å². The summed E-state index contributed by atoms with van der Waals surface area (Å²) in [7, 11) is 0. The van der Waals surface area contributed by atoms with Gasteiger partial charge in [0, 0.05) is 82.6 Å². The predicted molar refractivity (Wildman–Crippen MR) is 167 cm³/mol. The van der Waals surface area contributed by atoms with Gasteiger partial charge in [-0.25, -0.2) is 8.78 Å². The Balaban J connectivity index is 0.000000181. The minimum Gasteiger partial charge on any atom is -0.397 e. The molecule has 0 saturated carbocycles. The van der Waals surface area contributed by atoms with E-state index in [4.69, 9.17) is 11.5 Å². The van der Waals surface area contributed by atoms with Crippen LogP contribution >= 0.6 is 0 Å². The first-order chi connectivity index (χ1) is 22.0. The molecule has 0 saturated heterocycles. The molecule has 0 aromatic carbocycles. The molecule has 0 aliphatic heterocycles. The number of pyridine rings is 4. The summed E-state index contributed by atoms with van der Waals surface area (Å²) in [6, 6.07) is 2.27. The third-order valence-corrected chi connectivity index (χ3v) is 7.39. The van der Waals surface area contributed by atoms with Crippen LogP contribution < -0.4 is 11.5 Å². The number of anilines is 2. The molecule has 14 heteroatoms. The maximum absolute atomic E-state index is 14.2. The van der Waals surface area contributed by atoms with Crippen LogP contribution in [-0.2, 0) is 0 Å². The summed E-state index contributed by atoms with van der Waals surface area (Å²) < 4.78 is 31.4. The van der Waals surface area contributed by atoms with E-state index in [0.29, 0.717) is 44.4 Å². The molecule has 2 atom stereocenters. The number of nitrogens with two attached hydrogens (primary N) is 2. The van der Waals surface area contributed by atoms with Gasteiger partial charge in [0.05, 0.1) is 60.1 Å². The van der Waals surface area contributed by atoms with Gasteiger partial charge in [-0.3, -0.25) is 29.5 Å². The van der Waals surface area contributed by atoms with E-state index in [9.17, 15) is 28.6 Å². The predicted octanol–water partition coefficient (Wildman–Crippen LogP) is 3.87. The molecule has 0 fully saturated rings. The number of aromatic nitrogens is 6. The van der Waals surface area contributed by atoms with Crippen molar-refractivity contribution in [2.75, 3.05) is 24.7 Å². The Morgan fingerprint density at radius 2 is 1.04 bits per heavy atom. The molecule has 236 valence electrons. The van der Waals surface area contributed by atoms with Crippen molar-refractivity contribution in [2.45, 2.75) is 25.9 Å². The first kappa shape index (κ1) is 31.8. The number of nitrogens with zero attached hydrogens (tertiary/aromatic N) is 6. The average Bonchev–Trinajstić information content (AvgIpc) is 3.65. The number of carbonyl (C=O) groups is 2. The van der Waals surface area contributed by atoms with Crippen LogP contribution in [0.25, 0.3) is 21.8 Å². The van der Waals surface area contributed by atoms with E-state index in [2.05, 4.69) is 19.9 Å². The van der Waals surface area contributed by atoms with Crippen LogP contribution in [0.4, 0.5) is 20.2 Å². The fourth-order valence-corrected chi connectivity index (χ4v) is 5.03. The van der Waals surface area contributed by atoms with Crippen molar-refractivity contribution in [3.05, 3.63) is 108 Å². The monoisotopic (exact) mass is 628 g/mol. The molecule has 6 aromatic heterocycles. The van der Waals surface area contributed by atoms with E-state index in [1.807, 2.05) is 0 Å². The highest BCUT2D eigenvalue weighted by molar-refractivity contribution is 6.17. The van der Waals surface area contributed by atoms with Gasteiger partial charge in [-0.2, -0.15) is 0 Å². The van der Waals surface area contributed by atoms with Crippen molar-refractivity contribution >= 4 is 44.7 Å². The Labute approximate surface area is 261 Å². The molecule has 0 spiro atoms. The van der Waals surface area contributed by atoms with Crippen molar-refractivity contribution < 1.29 is 28.6 Å². The topological polar surface area (TPSA) is 188 Å². The van der Waals surface area contributed by atoms with Crippen LogP contribution in [-0.4, -0.2) is 64.1 Å². The summed E-state index contributed by atoms with van der Waals surface area (Å²) in [5.74, 6) is -1.75. The van der Waals surface area contributed by atoms with Crippen molar-refractivity contribution in [3.63, 3.8) is 0 Å². The number of ketones is 2. The first-order valence-electron chi connectivity index (χ1n) is 14.1. The lowest BCUT2D eigenvalue weighted by Gasteiger charge is -2.11. The maximum atomic E-state index is 14.2. The van der Waals surface area contributed by atoms with E-state index in [0.717, 1.165) is 12.4 Å². The van der Waals surface area contributed by atoms with Crippen LogP contribution in [0.15, 0.2) is 74.1 Å². The third kappa shape index (κ3) is 6.03. The van der Waals surface area contributed by atoms with Gasteiger partial charge < -0.3 is 30.8 Å². The van der Waals surface area contributed by atoms with E-state index >= 15 is 0 Å². The fraction of sp³-hybridized carbons (Fsp3) is 0.188. The number of rotatable bonds is 8. The van der Waals surface area contributed by atoms with Crippen LogP contribution in [0.5, 0.6) is 0 Å².